The summed E-state index contributed by atoms with van der Waals surface area (Å²) in [5.41, 5.74) is 9.52. The van der Waals surface area contributed by atoms with Crippen molar-refractivity contribution in [1.29, 1.82) is 0 Å². The highest BCUT2D eigenvalue weighted by atomic mass is 16.5. The summed E-state index contributed by atoms with van der Waals surface area (Å²) < 4.78 is 10.3. The van der Waals surface area contributed by atoms with Crippen LogP contribution in [0.3, 0.4) is 0 Å². The number of nitrogens with zero attached hydrogens (tertiary/aromatic N) is 1. The van der Waals surface area contributed by atoms with Gasteiger partial charge < -0.3 is 15.0 Å². The number of hydrogen-bond acceptors (Lipinski definition) is 4. The molecule has 4 heteroatoms. The summed E-state index contributed by atoms with van der Waals surface area (Å²) >= 11 is 0. The Morgan fingerprint density at radius 2 is 2.18 bits per heavy atom. The van der Waals surface area contributed by atoms with Crippen LogP contribution in [-0.4, -0.2) is 12.3 Å². The van der Waals surface area contributed by atoms with Crippen molar-refractivity contribution in [3.05, 3.63) is 29.3 Å². The lowest BCUT2D eigenvalue weighted by atomic mass is 10.0. The first-order valence-electron chi connectivity index (χ1n) is 5.56. The van der Waals surface area contributed by atoms with E-state index < -0.39 is 0 Å². The summed E-state index contributed by atoms with van der Waals surface area (Å²) in [6, 6.07) is 5.94. The second kappa shape index (κ2) is 4.49. The molecule has 0 radical (unpaired) electrons. The Labute approximate surface area is 100 Å². The first kappa shape index (κ1) is 11.5. The number of nitrogen functional groups attached to an aromatic ring is 1. The molecule has 17 heavy (non-hydrogen) atoms. The molecule has 2 N–H and O–H groups in total. The molecule has 1 heterocycles. The van der Waals surface area contributed by atoms with E-state index in [1.807, 2.05) is 32.0 Å². The van der Waals surface area contributed by atoms with Crippen molar-refractivity contribution in [1.82, 2.24) is 5.16 Å². The van der Waals surface area contributed by atoms with Gasteiger partial charge >= 0.3 is 0 Å². The molecule has 0 spiro atoms. The molecule has 0 atom stereocenters. The third-order valence-corrected chi connectivity index (χ3v) is 2.85. The molecule has 4 nitrogen and oxygen atoms in total. The lowest BCUT2D eigenvalue weighted by Crippen LogP contribution is -1.92. The van der Waals surface area contributed by atoms with E-state index in [9.17, 15) is 0 Å². The molecule has 0 bridgehead atoms. The Morgan fingerprint density at radius 3 is 2.82 bits per heavy atom. The van der Waals surface area contributed by atoms with Gasteiger partial charge in [-0.25, -0.2) is 0 Å². The minimum atomic E-state index is 0.391. The number of hydrogen-bond donors (Lipinski definition) is 1. The van der Waals surface area contributed by atoms with E-state index in [1.165, 1.54) is 0 Å². The van der Waals surface area contributed by atoms with Crippen molar-refractivity contribution in [2.45, 2.75) is 20.3 Å². The monoisotopic (exact) mass is 232 g/mol. The molecule has 90 valence electrons. The van der Waals surface area contributed by atoms with Gasteiger partial charge in [0.15, 0.2) is 0 Å². The van der Waals surface area contributed by atoms with E-state index in [-0.39, 0.29) is 0 Å². The normalized spacial score (nSPS) is 10.5. The van der Waals surface area contributed by atoms with Crippen LogP contribution >= 0.6 is 0 Å². The van der Waals surface area contributed by atoms with Gasteiger partial charge in [-0.2, -0.15) is 0 Å². The zero-order valence-corrected chi connectivity index (χ0v) is 10.3. The number of ether oxygens (including phenoxy) is 1. The van der Waals surface area contributed by atoms with Crippen molar-refractivity contribution in [3.8, 4) is 17.0 Å². The van der Waals surface area contributed by atoms with Crippen molar-refractivity contribution in [2.75, 3.05) is 12.8 Å². The predicted molar refractivity (Wildman–Crippen MR) is 67.0 cm³/mol. The van der Waals surface area contributed by atoms with E-state index >= 15 is 0 Å². The summed E-state index contributed by atoms with van der Waals surface area (Å²) in [6.45, 7) is 4.03. The summed E-state index contributed by atoms with van der Waals surface area (Å²) in [5.74, 6) is 1.23. The first-order chi connectivity index (χ1) is 8.17. The zero-order valence-electron chi connectivity index (χ0n) is 10.3. The number of benzene rings is 1. The highest BCUT2D eigenvalue weighted by molar-refractivity contribution is 5.68. The van der Waals surface area contributed by atoms with Crippen molar-refractivity contribution < 1.29 is 9.26 Å². The lowest BCUT2D eigenvalue weighted by molar-refractivity contribution is 0.411. The highest BCUT2D eigenvalue weighted by Gasteiger charge is 2.14. The van der Waals surface area contributed by atoms with Gasteiger partial charge in [-0.3, -0.25) is 0 Å². The molecule has 0 fully saturated rings. The van der Waals surface area contributed by atoms with Gasteiger partial charge in [0.2, 0.25) is 5.88 Å². The maximum atomic E-state index is 5.73. The van der Waals surface area contributed by atoms with Crippen LogP contribution in [0.25, 0.3) is 11.3 Å². The average Bonchev–Trinajstić information content (AvgIpc) is 2.71. The van der Waals surface area contributed by atoms with Gasteiger partial charge in [0, 0.05) is 11.1 Å². The van der Waals surface area contributed by atoms with Crippen LogP contribution in [0.1, 0.15) is 18.1 Å². The SMILES string of the molecule is CCc1c(-c2ccc(C)c(OC)c2)noc1N. The third kappa shape index (κ3) is 1.98. The van der Waals surface area contributed by atoms with Crippen LogP contribution in [0.5, 0.6) is 5.75 Å². The topological polar surface area (TPSA) is 61.3 Å². The van der Waals surface area contributed by atoms with Crippen LogP contribution in [0.4, 0.5) is 5.88 Å². The summed E-state index contributed by atoms with van der Waals surface area (Å²) in [5, 5.41) is 4.01. The van der Waals surface area contributed by atoms with Crippen molar-refractivity contribution in [2.24, 2.45) is 0 Å². The minimum Gasteiger partial charge on any atom is -0.496 e. The Hall–Kier alpha value is -1.97. The van der Waals surface area contributed by atoms with E-state index in [0.717, 1.165) is 34.6 Å². The van der Waals surface area contributed by atoms with Crippen molar-refractivity contribution in [3.63, 3.8) is 0 Å². The average molecular weight is 232 g/mol. The molecule has 2 rings (SSSR count). The molecule has 0 amide bonds. The number of aryl methyl sites for hydroxylation is 1. The Balaban J connectivity index is 2.52. The van der Waals surface area contributed by atoms with Gasteiger partial charge in [0.1, 0.15) is 11.4 Å². The minimum absolute atomic E-state index is 0.391. The Kier molecular flexibility index (Phi) is 3.04. The molecule has 0 aliphatic heterocycles. The van der Waals surface area contributed by atoms with E-state index in [0.29, 0.717) is 5.88 Å². The number of nitrogens with two attached hydrogens (primary N) is 1. The predicted octanol–water partition coefficient (Wildman–Crippen LogP) is 2.80. The summed E-state index contributed by atoms with van der Waals surface area (Å²) in [7, 11) is 1.66. The quantitative estimate of drug-likeness (QED) is 0.883. The van der Waals surface area contributed by atoms with Gasteiger partial charge in [0.25, 0.3) is 0 Å². The zero-order chi connectivity index (χ0) is 12.4. The molecule has 0 unspecified atom stereocenters. The second-order valence-electron chi connectivity index (χ2n) is 3.91. The fourth-order valence-corrected chi connectivity index (χ4v) is 1.86. The van der Waals surface area contributed by atoms with E-state index in [1.54, 1.807) is 7.11 Å². The van der Waals surface area contributed by atoms with Crippen molar-refractivity contribution >= 4 is 5.88 Å². The smallest absolute Gasteiger partial charge is 0.225 e. The van der Waals surface area contributed by atoms with Crippen LogP contribution in [-0.2, 0) is 6.42 Å². The molecule has 0 aliphatic carbocycles. The summed E-state index contributed by atoms with van der Waals surface area (Å²) in [6.07, 6.45) is 0.793. The molecular weight excluding hydrogens is 216 g/mol. The van der Waals surface area contributed by atoms with E-state index in [2.05, 4.69) is 5.16 Å². The third-order valence-electron chi connectivity index (χ3n) is 2.85. The number of anilines is 1. The standard InChI is InChI=1S/C13H16N2O2/c1-4-10-12(15-17-13(10)14)9-6-5-8(2)11(7-9)16-3/h5-7H,4,14H2,1-3H3. The largest absolute Gasteiger partial charge is 0.496 e. The molecule has 0 saturated carbocycles. The highest BCUT2D eigenvalue weighted by Crippen LogP contribution is 2.31. The molecular formula is C13H16N2O2. The van der Waals surface area contributed by atoms with Gasteiger partial charge in [-0.05, 0) is 25.0 Å². The number of aromatic nitrogens is 1. The fraction of sp³-hybridized carbons (Fsp3) is 0.308. The molecule has 2 aromatic rings. The van der Waals surface area contributed by atoms with Crippen LogP contribution in [0, 0.1) is 6.92 Å². The maximum absolute atomic E-state index is 5.73. The molecule has 0 saturated heterocycles. The van der Waals surface area contributed by atoms with Gasteiger partial charge in [-0.15, -0.1) is 0 Å². The number of methoxy groups -OCH3 is 1. The number of rotatable bonds is 3. The van der Waals surface area contributed by atoms with Crippen LogP contribution < -0.4 is 10.5 Å². The second-order valence-corrected chi connectivity index (χ2v) is 3.91. The Morgan fingerprint density at radius 1 is 1.41 bits per heavy atom. The van der Waals surface area contributed by atoms with Gasteiger partial charge in [-0.1, -0.05) is 24.2 Å². The van der Waals surface area contributed by atoms with Crippen LogP contribution in [0.2, 0.25) is 0 Å². The molecule has 1 aromatic heterocycles. The Bertz CT molecular complexity index is 532. The summed E-state index contributed by atoms with van der Waals surface area (Å²) in [4.78, 5) is 0. The van der Waals surface area contributed by atoms with E-state index in [4.69, 9.17) is 15.0 Å². The maximum Gasteiger partial charge on any atom is 0.225 e. The van der Waals surface area contributed by atoms with Crippen LogP contribution in [0.15, 0.2) is 22.7 Å². The fourth-order valence-electron chi connectivity index (χ4n) is 1.86. The van der Waals surface area contributed by atoms with Gasteiger partial charge in [0.05, 0.1) is 7.11 Å². The molecule has 1 aromatic carbocycles. The first-order valence-corrected chi connectivity index (χ1v) is 5.56. The molecule has 0 aliphatic rings. The lowest BCUT2D eigenvalue weighted by Gasteiger charge is -2.06.